The molecular weight excluding hydrogens is 306 g/mol. The largest absolute Gasteiger partial charge is 0.323 e. The molecule has 0 radical (unpaired) electrons. The molecule has 8 nitrogen and oxygen atoms in total. The molecule has 2 aromatic rings. The van der Waals surface area contributed by atoms with Gasteiger partial charge in [0.1, 0.15) is 0 Å². The van der Waals surface area contributed by atoms with Crippen LogP contribution >= 0.6 is 0 Å². The highest BCUT2D eigenvalue weighted by atomic mass is 16.2. The van der Waals surface area contributed by atoms with Gasteiger partial charge in [0.2, 0.25) is 0 Å². The number of nitrogens with one attached hydrogen (secondary N) is 1. The SMILES string of the molecule is CCCn1cc(NC(=O)N2CCCCC2CCn2cccn2)nn1. The quantitative estimate of drug-likeness (QED) is 0.881. The van der Waals surface area contributed by atoms with Gasteiger partial charge in [-0.1, -0.05) is 12.1 Å². The summed E-state index contributed by atoms with van der Waals surface area (Å²) in [6.45, 7) is 4.50. The Balaban J connectivity index is 1.57. The third-order valence-electron chi connectivity index (χ3n) is 4.36. The van der Waals surface area contributed by atoms with Gasteiger partial charge in [-0.25, -0.2) is 4.79 Å². The average molecular weight is 331 g/mol. The van der Waals surface area contributed by atoms with Crippen LogP contribution < -0.4 is 5.32 Å². The molecule has 1 saturated heterocycles. The van der Waals surface area contributed by atoms with Crippen LogP contribution in [0.1, 0.15) is 39.0 Å². The maximum atomic E-state index is 12.6. The lowest BCUT2D eigenvalue weighted by Crippen LogP contribution is -2.46. The fraction of sp³-hybridized carbons (Fsp3) is 0.625. The van der Waals surface area contributed by atoms with Crippen molar-refractivity contribution in [1.29, 1.82) is 0 Å². The summed E-state index contributed by atoms with van der Waals surface area (Å²) in [6.07, 6.45) is 10.7. The van der Waals surface area contributed by atoms with Gasteiger partial charge in [-0.05, 0) is 38.2 Å². The molecule has 0 spiro atoms. The van der Waals surface area contributed by atoms with E-state index in [9.17, 15) is 4.79 Å². The van der Waals surface area contributed by atoms with Gasteiger partial charge in [0, 0.05) is 38.1 Å². The molecule has 1 aliphatic rings. The van der Waals surface area contributed by atoms with Gasteiger partial charge in [-0.2, -0.15) is 5.10 Å². The topological polar surface area (TPSA) is 80.9 Å². The van der Waals surface area contributed by atoms with Crippen LogP contribution in [0.2, 0.25) is 0 Å². The number of rotatable bonds is 6. The highest BCUT2D eigenvalue weighted by Crippen LogP contribution is 2.21. The Bertz CT molecular complexity index is 637. The van der Waals surface area contributed by atoms with Crippen LogP contribution in [-0.4, -0.2) is 48.3 Å². The molecule has 1 N–H and O–H groups in total. The van der Waals surface area contributed by atoms with E-state index in [1.165, 1.54) is 6.42 Å². The second kappa shape index (κ2) is 7.94. The fourth-order valence-corrected chi connectivity index (χ4v) is 3.16. The minimum Gasteiger partial charge on any atom is -0.321 e. The summed E-state index contributed by atoms with van der Waals surface area (Å²) < 4.78 is 3.67. The lowest BCUT2D eigenvalue weighted by molar-refractivity contribution is 0.154. The Morgan fingerprint density at radius 2 is 2.25 bits per heavy atom. The number of likely N-dealkylation sites (tertiary alicyclic amines) is 1. The third kappa shape index (κ3) is 4.12. The molecule has 0 aliphatic carbocycles. The average Bonchev–Trinajstić information content (AvgIpc) is 3.25. The molecule has 130 valence electrons. The van der Waals surface area contributed by atoms with Crippen LogP contribution in [0.5, 0.6) is 0 Å². The van der Waals surface area contributed by atoms with Crippen LogP contribution in [-0.2, 0) is 13.1 Å². The molecule has 1 aliphatic heterocycles. The Kier molecular flexibility index (Phi) is 5.45. The van der Waals surface area contributed by atoms with E-state index in [1.807, 2.05) is 21.8 Å². The Labute approximate surface area is 141 Å². The van der Waals surface area contributed by atoms with Gasteiger partial charge in [-0.3, -0.25) is 14.7 Å². The number of nitrogens with zero attached hydrogens (tertiary/aromatic N) is 6. The molecule has 3 rings (SSSR count). The zero-order valence-corrected chi connectivity index (χ0v) is 14.1. The molecule has 1 atom stereocenters. The zero-order valence-electron chi connectivity index (χ0n) is 14.1. The van der Waals surface area contributed by atoms with Crippen LogP contribution in [0.4, 0.5) is 10.6 Å². The maximum Gasteiger partial charge on any atom is 0.323 e. The number of urea groups is 1. The first kappa shape index (κ1) is 16.5. The zero-order chi connectivity index (χ0) is 16.8. The number of piperidine rings is 1. The van der Waals surface area contributed by atoms with E-state index in [4.69, 9.17) is 0 Å². The predicted molar refractivity (Wildman–Crippen MR) is 90.5 cm³/mol. The molecule has 24 heavy (non-hydrogen) atoms. The highest BCUT2D eigenvalue weighted by Gasteiger charge is 2.27. The van der Waals surface area contributed by atoms with Gasteiger partial charge >= 0.3 is 6.03 Å². The Morgan fingerprint density at radius 1 is 1.33 bits per heavy atom. The summed E-state index contributed by atoms with van der Waals surface area (Å²) in [5.74, 6) is 0.518. The highest BCUT2D eigenvalue weighted by molar-refractivity contribution is 5.88. The number of carbonyl (C=O) groups excluding carboxylic acids is 1. The summed E-state index contributed by atoms with van der Waals surface area (Å²) in [6, 6.07) is 2.09. The van der Waals surface area contributed by atoms with Gasteiger partial charge in [0.15, 0.2) is 5.82 Å². The van der Waals surface area contributed by atoms with E-state index >= 15 is 0 Å². The molecule has 2 aromatic heterocycles. The third-order valence-corrected chi connectivity index (χ3v) is 4.36. The lowest BCUT2D eigenvalue weighted by Gasteiger charge is -2.35. The van der Waals surface area contributed by atoms with Gasteiger partial charge in [-0.15, -0.1) is 5.10 Å². The van der Waals surface area contributed by atoms with Crippen molar-refractivity contribution in [3.63, 3.8) is 0 Å². The van der Waals surface area contributed by atoms with Crippen LogP contribution in [0, 0.1) is 0 Å². The molecule has 8 heteroatoms. The predicted octanol–water partition coefficient (Wildman–Crippen LogP) is 2.36. The van der Waals surface area contributed by atoms with Crippen molar-refractivity contribution in [1.82, 2.24) is 29.7 Å². The molecule has 1 fully saturated rings. The minimum absolute atomic E-state index is 0.0799. The monoisotopic (exact) mass is 331 g/mol. The second-order valence-electron chi connectivity index (χ2n) is 6.20. The first-order chi connectivity index (χ1) is 11.8. The number of amides is 2. The van der Waals surface area contributed by atoms with Crippen molar-refractivity contribution in [2.75, 3.05) is 11.9 Å². The second-order valence-corrected chi connectivity index (χ2v) is 6.20. The summed E-state index contributed by atoms with van der Waals surface area (Å²) >= 11 is 0. The van der Waals surface area contributed by atoms with Gasteiger partial charge < -0.3 is 4.90 Å². The number of aromatic nitrogens is 5. The molecule has 1 unspecified atom stereocenters. The molecule has 2 amide bonds. The summed E-state index contributed by atoms with van der Waals surface area (Å²) in [5, 5.41) is 15.2. The fourth-order valence-electron chi connectivity index (χ4n) is 3.16. The number of aryl methyl sites for hydroxylation is 2. The maximum absolute atomic E-state index is 12.6. The molecule has 0 bridgehead atoms. The molecule has 3 heterocycles. The van der Waals surface area contributed by atoms with E-state index in [0.29, 0.717) is 5.82 Å². The van der Waals surface area contributed by atoms with Gasteiger partial charge in [0.05, 0.1) is 6.20 Å². The molecule has 0 aromatic carbocycles. The summed E-state index contributed by atoms with van der Waals surface area (Å²) in [4.78, 5) is 14.6. The standard InChI is InChI=1S/C16H25N7O/c1-2-9-22-13-15(19-20-22)18-16(24)23-11-4-3-6-14(23)7-12-21-10-5-8-17-21/h5,8,10,13-14H,2-4,6-7,9,11-12H2,1H3,(H,18,24). The number of hydrogen-bond donors (Lipinski definition) is 1. The normalized spacial score (nSPS) is 17.9. The van der Waals surface area contributed by atoms with Crippen molar-refractivity contribution in [3.05, 3.63) is 24.7 Å². The Morgan fingerprint density at radius 3 is 3.04 bits per heavy atom. The Hall–Kier alpha value is -2.38. The minimum atomic E-state index is -0.0799. The first-order valence-electron chi connectivity index (χ1n) is 8.71. The van der Waals surface area contributed by atoms with Crippen molar-refractivity contribution < 1.29 is 4.79 Å². The molecular formula is C16H25N7O. The first-order valence-corrected chi connectivity index (χ1v) is 8.71. The van der Waals surface area contributed by atoms with Crippen molar-refractivity contribution in [3.8, 4) is 0 Å². The van der Waals surface area contributed by atoms with E-state index in [0.717, 1.165) is 45.3 Å². The van der Waals surface area contributed by atoms with E-state index in [-0.39, 0.29) is 12.1 Å². The van der Waals surface area contributed by atoms with E-state index < -0.39 is 0 Å². The smallest absolute Gasteiger partial charge is 0.321 e. The van der Waals surface area contributed by atoms with Crippen LogP contribution in [0.15, 0.2) is 24.7 Å². The number of anilines is 1. The van der Waals surface area contributed by atoms with E-state index in [2.05, 4.69) is 27.7 Å². The van der Waals surface area contributed by atoms with Crippen molar-refractivity contribution >= 4 is 11.8 Å². The number of hydrogen-bond acceptors (Lipinski definition) is 4. The van der Waals surface area contributed by atoms with Crippen LogP contribution in [0.25, 0.3) is 0 Å². The summed E-state index contributed by atoms with van der Waals surface area (Å²) in [5.41, 5.74) is 0. The van der Waals surface area contributed by atoms with E-state index in [1.54, 1.807) is 17.1 Å². The van der Waals surface area contributed by atoms with Crippen LogP contribution in [0.3, 0.4) is 0 Å². The lowest BCUT2D eigenvalue weighted by atomic mass is 10.00. The van der Waals surface area contributed by atoms with Crippen molar-refractivity contribution in [2.24, 2.45) is 0 Å². The van der Waals surface area contributed by atoms with Gasteiger partial charge in [0.25, 0.3) is 0 Å². The number of carbonyl (C=O) groups is 1. The molecule has 0 saturated carbocycles. The van der Waals surface area contributed by atoms with Crippen molar-refractivity contribution in [2.45, 2.75) is 58.2 Å². The summed E-state index contributed by atoms with van der Waals surface area (Å²) in [7, 11) is 0.